The lowest BCUT2D eigenvalue weighted by Gasteiger charge is -2.20. The lowest BCUT2D eigenvalue weighted by molar-refractivity contribution is -0.144. The molecule has 1 fully saturated rings. The van der Waals surface area contributed by atoms with Crippen LogP contribution >= 0.6 is 0 Å². The normalized spacial score (nSPS) is 18.3. The third-order valence-corrected chi connectivity index (χ3v) is 3.42. The molecule has 0 radical (unpaired) electrons. The molecule has 1 aromatic rings. The van der Waals surface area contributed by atoms with Crippen molar-refractivity contribution < 1.29 is 19.0 Å². The van der Waals surface area contributed by atoms with Gasteiger partial charge in [0.05, 0.1) is 27.2 Å². The zero-order chi connectivity index (χ0) is 13.8. The first-order valence-corrected chi connectivity index (χ1v) is 6.23. The maximum absolute atomic E-state index is 11.5. The molecule has 1 saturated heterocycles. The molecule has 2 rings (SSSR count). The number of rotatable bonds is 4. The van der Waals surface area contributed by atoms with E-state index < -0.39 is 0 Å². The third kappa shape index (κ3) is 2.92. The molecule has 0 aliphatic carbocycles. The van der Waals surface area contributed by atoms with Crippen molar-refractivity contribution in [3.05, 3.63) is 18.2 Å². The summed E-state index contributed by atoms with van der Waals surface area (Å²) in [5.41, 5.74) is 1.00. The Morgan fingerprint density at radius 2 is 1.79 bits per heavy atom. The van der Waals surface area contributed by atoms with E-state index >= 15 is 0 Å². The first-order valence-electron chi connectivity index (χ1n) is 6.23. The zero-order valence-electron chi connectivity index (χ0n) is 11.5. The molecule has 1 aliphatic heterocycles. The van der Waals surface area contributed by atoms with Crippen LogP contribution in [0.2, 0.25) is 0 Å². The lowest BCUT2D eigenvalue weighted by atomic mass is 10.1. The molecule has 104 valence electrons. The smallest absolute Gasteiger partial charge is 0.310 e. The summed E-state index contributed by atoms with van der Waals surface area (Å²) in [6, 6.07) is 5.72. The lowest BCUT2D eigenvalue weighted by Crippen LogP contribution is -2.23. The molecule has 1 aromatic carbocycles. The highest BCUT2D eigenvalue weighted by atomic mass is 16.5. The van der Waals surface area contributed by atoms with Crippen LogP contribution in [0.3, 0.4) is 0 Å². The van der Waals surface area contributed by atoms with Crippen molar-refractivity contribution in [1.29, 1.82) is 0 Å². The molecule has 5 heteroatoms. The van der Waals surface area contributed by atoms with Gasteiger partial charge in [0.1, 0.15) is 11.5 Å². The molecule has 0 amide bonds. The van der Waals surface area contributed by atoms with Gasteiger partial charge in [0.15, 0.2) is 0 Å². The Kier molecular flexibility index (Phi) is 4.14. The Morgan fingerprint density at radius 1 is 1.16 bits per heavy atom. The number of nitrogens with zero attached hydrogens (tertiary/aromatic N) is 1. The number of ether oxygens (including phenoxy) is 3. The van der Waals surface area contributed by atoms with Gasteiger partial charge in [-0.3, -0.25) is 4.79 Å². The van der Waals surface area contributed by atoms with Crippen LogP contribution in [0.15, 0.2) is 18.2 Å². The standard InChI is InChI=1S/C14H19NO4/c1-17-12-6-11(7-13(8-12)18-2)15-5-4-10(9-15)14(16)19-3/h6-8,10H,4-5,9H2,1-3H3. The Morgan fingerprint density at radius 3 is 2.32 bits per heavy atom. The van der Waals surface area contributed by atoms with Crippen LogP contribution in [-0.4, -0.2) is 40.4 Å². The number of benzene rings is 1. The quantitative estimate of drug-likeness (QED) is 0.776. The van der Waals surface area contributed by atoms with Crippen molar-refractivity contribution in [3.8, 4) is 11.5 Å². The van der Waals surface area contributed by atoms with Crippen LogP contribution < -0.4 is 14.4 Å². The van der Waals surface area contributed by atoms with E-state index in [0.29, 0.717) is 6.54 Å². The highest BCUT2D eigenvalue weighted by molar-refractivity contribution is 5.74. The first-order chi connectivity index (χ1) is 9.17. The molecular formula is C14H19NO4. The van der Waals surface area contributed by atoms with Gasteiger partial charge in [0, 0.05) is 37.0 Å². The molecule has 0 N–H and O–H groups in total. The number of carbonyl (C=O) groups is 1. The molecule has 19 heavy (non-hydrogen) atoms. The predicted molar refractivity (Wildman–Crippen MR) is 71.9 cm³/mol. The summed E-state index contributed by atoms with van der Waals surface area (Å²) in [6.07, 6.45) is 0.812. The Bertz CT molecular complexity index is 439. The summed E-state index contributed by atoms with van der Waals surface area (Å²) in [7, 11) is 4.68. The van der Waals surface area contributed by atoms with Crippen molar-refractivity contribution >= 4 is 11.7 Å². The van der Waals surface area contributed by atoms with Gasteiger partial charge in [-0.15, -0.1) is 0 Å². The minimum Gasteiger partial charge on any atom is -0.497 e. The second-order valence-electron chi connectivity index (χ2n) is 4.53. The maximum atomic E-state index is 11.5. The van der Waals surface area contributed by atoms with E-state index in [-0.39, 0.29) is 11.9 Å². The Hall–Kier alpha value is -1.91. The molecule has 0 aromatic heterocycles. The van der Waals surface area contributed by atoms with E-state index in [1.807, 2.05) is 18.2 Å². The molecule has 1 unspecified atom stereocenters. The van der Waals surface area contributed by atoms with Gasteiger partial charge in [-0.2, -0.15) is 0 Å². The van der Waals surface area contributed by atoms with Gasteiger partial charge < -0.3 is 19.1 Å². The highest BCUT2D eigenvalue weighted by Crippen LogP contribution is 2.31. The molecule has 1 aliphatic rings. The number of methoxy groups -OCH3 is 3. The van der Waals surface area contributed by atoms with E-state index in [9.17, 15) is 4.79 Å². The zero-order valence-corrected chi connectivity index (χ0v) is 11.5. The summed E-state index contributed by atoms with van der Waals surface area (Å²) in [6.45, 7) is 1.50. The van der Waals surface area contributed by atoms with Crippen LogP contribution in [0.1, 0.15) is 6.42 Å². The van der Waals surface area contributed by atoms with Crippen molar-refractivity contribution in [1.82, 2.24) is 0 Å². The number of esters is 1. The van der Waals surface area contributed by atoms with E-state index in [1.54, 1.807) is 14.2 Å². The van der Waals surface area contributed by atoms with Crippen molar-refractivity contribution in [3.63, 3.8) is 0 Å². The van der Waals surface area contributed by atoms with Gasteiger partial charge in [-0.05, 0) is 6.42 Å². The molecule has 1 heterocycles. The summed E-state index contributed by atoms with van der Waals surface area (Å²) in [4.78, 5) is 13.7. The monoisotopic (exact) mass is 265 g/mol. The van der Waals surface area contributed by atoms with Crippen LogP contribution in [0.4, 0.5) is 5.69 Å². The highest BCUT2D eigenvalue weighted by Gasteiger charge is 2.29. The SMILES string of the molecule is COC(=O)C1CCN(c2cc(OC)cc(OC)c2)C1. The molecular weight excluding hydrogens is 246 g/mol. The van der Waals surface area contributed by atoms with Crippen LogP contribution in [0, 0.1) is 5.92 Å². The Balaban J connectivity index is 2.16. The Labute approximate surface area is 113 Å². The molecule has 1 atom stereocenters. The molecule has 5 nitrogen and oxygen atoms in total. The maximum Gasteiger partial charge on any atom is 0.310 e. The topological polar surface area (TPSA) is 48.0 Å². The number of carbonyl (C=O) groups excluding carboxylic acids is 1. The van der Waals surface area contributed by atoms with Gasteiger partial charge in [-0.1, -0.05) is 0 Å². The van der Waals surface area contributed by atoms with Crippen molar-refractivity contribution in [2.75, 3.05) is 39.3 Å². The molecule has 0 bridgehead atoms. The fourth-order valence-electron chi connectivity index (χ4n) is 2.33. The number of hydrogen-bond donors (Lipinski definition) is 0. The van der Waals surface area contributed by atoms with E-state index in [4.69, 9.17) is 14.2 Å². The van der Waals surface area contributed by atoms with E-state index in [2.05, 4.69) is 4.90 Å². The number of hydrogen-bond acceptors (Lipinski definition) is 5. The number of anilines is 1. The van der Waals surface area contributed by atoms with Crippen LogP contribution in [0.25, 0.3) is 0 Å². The summed E-state index contributed by atoms with van der Waals surface area (Å²) >= 11 is 0. The first kappa shape index (κ1) is 13.5. The van der Waals surface area contributed by atoms with Gasteiger partial charge in [0.25, 0.3) is 0 Å². The second kappa shape index (κ2) is 5.82. The fourth-order valence-corrected chi connectivity index (χ4v) is 2.33. The van der Waals surface area contributed by atoms with Crippen molar-refractivity contribution in [2.45, 2.75) is 6.42 Å². The molecule has 0 spiro atoms. The summed E-state index contributed by atoms with van der Waals surface area (Å²) < 4.78 is 15.3. The second-order valence-corrected chi connectivity index (χ2v) is 4.53. The van der Waals surface area contributed by atoms with Gasteiger partial charge in [-0.25, -0.2) is 0 Å². The molecule has 0 saturated carbocycles. The minimum atomic E-state index is -0.141. The summed E-state index contributed by atoms with van der Waals surface area (Å²) in [5.74, 6) is 1.30. The average molecular weight is 265 g/mol. The van der Waals surface area contributed by atoms with Gasteiger partial charge >= 0.3 is 5.97 Å². The fraction of sp³-hybridized carbons (Fsp3) is 0.500. The largest absolute Gasteiger partial charge is 0.497 e. The van der Waals surface area contributed by atoms with Crippen LogP contribution in [-0.2, 0) is 9.53 Å². The van der Waals surface area contributed by atoms with Gasteiger partial charge in [0.2, 0.25) is 0 Å². The van der Waals surface area contributed by atoms with Crippen molar-refractivity contribution in [2.24, 2.45) is 5.92 Å². The third-order valence-electron chi connectivity index (χ3n) is 3.42. The predicted octanol–water partition coefficient (Wildman–Crippen LogP) is 1.70. The van der Waals surface area contributed by atoms with E-state index in [0.717, 1.165) is 30.2 Å². The summed E-state index contributed by atoms with van der Waals surface area (Å²) in [5, 5.41) is 0. The van der Waals surface area contributed by atoms with E-state index in [1.165, 1.54) is 7.11 Å². The minimum absolute atomic E-state index is 0.0535. The van der Waals surface area contributed by atoms with Crippen LogP contribution in [0.5, 0.6) is 11.5 Å². The average Bonchev–Trinajstić information content (AvgIpc) is 2.95.